The maximum Gasteiger partial charge on any atom is 0.337 e. The highest BCUT2D eigenvalue weighted by molar-refractivity contribution is 6.05. The third kappa shape index (κ3) is 3.86. The Kier molecular flexibility index (Phi) is 5.54. The summed E-state index contributed by atoms with van der Waals surface area (Å²) in [5.41, 5.74) is 5.73. The van der Waals surface area contributed by atoms with Gasteiger partial charge in [-0.25, -0.2) is 9.36 Å². The number of amides is 1. The molecule has 0 aliphatic carbocycles. The van der Waals surface area contributed by atoms with E-state index in [-0.39, 0.29) is 22.8 Å². The molecule has 3 rings (SSSR count). The number of anilines is 2. The third-order valence-electron chi connectivity index (χ3n) is 4.45. The van der Waals surface area contributed by atoms with Crippen molar-refractivity contribution in [3.05, 3.63) is 80.5 Å². The van der Waals surface area contributed by atoms with Crippen molar-refractivity contribution in [3.63, 3.8) is 0 Å². The number of ether oxygens (including phenoxy) is 1. The van der Waals surface area contributed by atoms with Crippen molar-refractivity contribution < 1.29 is 14.3 Å². The van der Waals surface area contributed by atoms with Crippen LogP contribution in [0.4, 0.5) is 11.5 Å². The first kappa shape index (κ1) is 20.6. The summed E-state index contributed by atoms with van der Waals surface area (Å²) in [6, 6.07) is 13.0. The highest BCUT2D eigenvalue weighted by atomic mass is 16.5. The molecule has 2 aromatic carbocycles. The van der Waals surface area contributed by atoms with E-state index >= 15 is 0 Å². The van der Waals surface area contributed by atoms with E-state index in [0.717, 1.165) is 9.13 Å². The smallest absolute Gasteiger partial charge is 0.337 e. The minimum absolute atomic E-state index is 0.149. The Labute approximate surface area is 171 Å². The van der Waals surface area contributed by atoms with E-state index < -0.39 is 23.1 Å². The van der Waals surface area contributed by atoms with Crippen LogP contribution in [-0.2, 0) is 11.8 Å². The average Bonchev–Trinajstić information content (AvgIpc) is 2.71. The van der Waals surface area contributed by atoms with Gasteiger partial charge in [0.25, 0.3) is 11.5 Å². The molecule has 9 nitrogen and oxygen atoms in total. The van der Waals surface area contributed by atoms with Crippen molar-refractivity contribution in [2.45, 2.75) is 13.8 Å². The predicted molar refractivity (Wildman–Crippen MR) is 112 cm³/mol. The van der Waals surface area contributed by atoms with Crippen molar-refractivity contribution in [2.75, 3.05) is 11.1 Å². The molecule has 1 amide bonds. The number of esters is 1. The molecule has 9 heteroatoms. The van der Waals surface area contributed by atoms with Gasteiger partial charge in [0.2, 0.25) is 0 Å². The minimum Gasteiger partial charge on any atom is -0.426 e. The largest absolute Gasteiger partial charge is 0.426 e. The fourth-order valence-electron chi connectivity index (χ4n) is 2.86. The Morgan fingerprint density at radius 2 is 1.73 bits per heavy atom. The third-order valence-corrected chi connectivity index (χ3v) is 4.45. The number of hydrogen-bond donors (Lipinski definition) is 2. The molecule has 1 heterocycles. The average molecular weight is 408 g/mol. The second kappa shape index (κ2) is 8.08. The topological polar surface area (TPSA) is 125 Å². The molecule has 0 unspecified atom stereocenters. The zero-order valence-electron chi connectivity index (χ0n) is 16.6. The molecule has 3 aromatic rings. The van der Waals surface area contributed by atoms with Crippen LogP contribution in [0.5, 0.6) is 5.75 Å². The fourth-order valence-corrected chi connectivity index (χ4v) is 2.86. The number of para-hydroxylation sites is 1. The number of aromatic nitrogens is 2. The molecule has 3 N–H and O–H groups in total. The number of benzene rings is 2. The van der Waals surface area contributed by atoms with E-state index in [0.29, 0.717) is 11.3 Å². The SMILES string of the molecule is CC(=O)Oc1cc(C(=O)Nc2c(N)n(-c3ccccc3)c(=O)n(C)c2=O)ccc1C. The molecule has 30 heavy (non-hydrogen) atoms. The Bertz CT molecular complexity index is 1260. The van der Waals surface area contributed by atoms with Crippen LogP contribution in [0.25, 0.3) is 5.69 Å². The van der Waals surface area contributed by atoms with Gasteiger partial charge in [0.15, 0.2) is 0 Å². The molecule has 0 aliphatic rings. The molecule has 1 aromatic heterocycles. The number of nitrogens with one attached hydrogen (secondary N) is 1. The van der Waals surface area contributed by atoms with Crippen molar-refractivity contribution in [1.82, 2.24) is 9.13 Å². The van der Waals surface area contributed by atoms with Crippen LogP contribution >= 0.6 is 0 Å². The number of nitrogen functional groups attached to an aromatic ring is 1. The van der Waals surface area contributed by atoms with Gasteiger partial charge in [0.1, 0.15) is 17.3 Å². The van der Waals surface area contributed by atoms with Gasteiger partial charge in [0.05, 0.1) is 5.69 Å². The molecule has 0 saturated heterocycles. The summed E-state index contributed by atoms with van der Waals surface area (Å²) in [6.45, 7) is 2.98. The zero-order chi connectivity index (χ0) is 22.0. The van der Waals surface area contributed by atoms with Crippen LogP contribution < -0.4 is 27.0 Å². The summed E-state index contributed by atoms with van der Waals surface area (Å²) in [7, 11) is 1.30. The monoisotopic (exact) mass is 408 g/mol. The van der Waals surface area contributed by atoms with Gasteiger partial charge in [-0.2, -0.15) is 0 Å². The van der Waals surface area contributed by atoms with Gasteiger partial charge >= 0.3 is 11.7 Å². The van der Waals surface area contributed by atoms with E-state index in [2.05, 4.69) is 5.32 Å². The van der Waals surface area contributed by atoms with Gasteiger partial charge < -0.3 is 15.8 Å². The lowest BCUT2D eigenvalue weighted by Gasteiger charge is -2.16. The van der Waals surface area contributed by atoms with Crippen LogP contribution in [-0.4, -0.2) is 21.0 Å². The normalized spacial score (nSPS) is 10.5. The van der Waals surface area contributed by atoms with Crippen molar-refractivity contribution >= 4 is 23.4 Å². The quantitative estimate of drug-likeness (QED) is 0.499. The molecule has 0 atom stereocenters. The number of aryl methyl sites for hydroxylation is 1. The zero-order valence-corrected chi connectivity index (χ0v) is 16.6. The van der Waals surface area contributed by atoms with Crippen LogP contribution in [0.15, 0.2) is 58.1 Å². The number of nitrogens with zero attached hydrogens (tertiary/aromatic N) is 2. The number of carbonyl (C=O) groups excluding carboxylic acids is 2. The molecule has 154 valence electrons. The fraction of sp³-hybridized carbons (Fsp3) is 0.143. The Morgan fingerprint density at radius 1 is 1.07 bits per heavy atom. The second-order valence-electron chi connectivity index (χ2n) is 6.61. The van der Waals surface area contributed by atoms with Gasteiger partial charge in [0, 0.05) is 19.5 Å². The van der Waals surface area contributed by atoms with Crippen LogP contribution in [0.2, 0.25) is 0 Å². The van der Waals surface area contributed by atoms with E-state index in [1.165, 1.54) is 26.1 Å². The lowest BCUT2D eigenvalue weighted by molar-refractivity contribution is -0.131. The summed E-state index contributed by atoms with van der Waals surface area (Å²) < 4.78 is 7.09. The van der Waals surface area contributed by atoms with E-state index in [1.807, 2.05) is 0 Å². The van der Waals surface area contributed by atoms with Crippen molar-refractivity contribution in [2.24, 2.45) is 7.05 Å². The van der Waals surface area contributed by atoms with Crippen molar-refractivity contribution in [3.8, 4) is 11.4 Å². The molecule has 0 saturated carbocycles. The molecular formula is C21H20N4O5. The lowest BCUT2D eigenvalue weighted by atomic mass is 10.1. The van der Waals surface area contributed by atoms with Crippen LogP contribution in [0.3, 0.4) is 0 Å². The maximum atomic E-state index is 12.8. The Morgan fingerprint density at radius 3 is 2.37 bits per heavy atom. The predicted octanol–water partition coefficient (Wildman–Crippen LogP) is 1.60. The molecule has 0 aliphatic heterocycles. The van der Waals surface area contributed by atoms with Crippen molar-refractivity contribution in [1.29, 1.82) is 0 Å². The van der Waals surface area contributed by atoms with E-state index in [1.54, 1.807) is 43.3 Å². The summed E-state index contributed by atoms with van der Waals surface area (Å²) in [5, 5.41) is 2.48. The molecule has 0 fully saturated rings. The highest BCUT2D eigenvalue weighted by Gasteiger charge is 2.20. The Hall–Kier alpha value is -4.14. The van der Waals surface area contributed by atoms with Gasteiger partial charge in [-0.15, -0.1) is 0 Å². The van der Waals surface area contributed by atoms with Crippen LogP contribution in [0.1, 0.15) is 22.8 Å². The van der Waals surface area contributed by atoms with Gasteiger partial charge in [-0.1, -0.05) is 24.3 Å². The number of rotatable bonds is 4. The van der Waals surface area contributed by atoms with Gasteiger partial charge in [-0.05, 0) is 36.8 Å². The Balaban J connectivity index is 2.07. The van der Waals surface area contributed by atoms with E-state index in [9.17, 15) is 19.2 Å². The standard InChI is InChI=1S/C21H20N4O5/c1-12-9-10-14(11-16(12)30-13(2)26)19(27)23-17-18(22)25(15-7-5-4-6-8-15)21(29)24(3)20(17)28/h4-11H,22H2,1-3H3,(H,23,27). The van der Waals surface area contributed by atoms with Crippen LogP contribution in [0, 0.1) is 6.92 Å². The highest BCUT2D eigenvalue weighted by Crippen LogP contribution is 2.22. The maximum absolute atomic E-state index is 12.8. The molecule has 0 spiro atoms. The first-order valence-corrected chi connectivity index (χ1v) is 8.98. The lowest BCUT2D eigenvalue weighted by Crippen LogP contribution is -2.40. The summed E-state index contributed by atoms with van der Waals surface area (Å²) in [4.78, 5) is 49.2. The first-order valence-electron chi connectivity index (χ1n) is 8.98. The first-order chi connectivity index (χ1) is 14.2. The van der Waals surface area contributed by atoms with E-state index in [4.69, 9.17) is 10.5 Å². The summed E-state index contributed by atoms with van der Waals surface area (Å²) >= 11 is 0. The molecule has 0 radical (unpaired) electrons. The molecule has 0 bridgehead atoms. The number of carbonyl (C=O) groups is 2. The minimum atomic E-state index is -0.745. The number of nitrogens with two attached hydrogens (primary N) is 1. The number of hydrogen-bond acceptors (Lipinski definition) is 6. The summed E-state index contributed by atoms with van der Waals surface area (Å²) in [5.74, 6) is -1.14. The molecular weight excluding hydrogens is 388 g/mol. The summed E-state index contributed by atoms with van der Waals surface area (Å²) in [6.07, 6.45) is 0. The van der Waals surface area contributed by atoms with Gasteiger partial charge in [-0.3, -0.25) is 19.0 Å². The second-order valence-corrected chi connectivity index (χ2v) is 6.61.